The normalized spacial score (nSPS) is 11.8. The molecule has 0 saturated heterocycles. The molecule has 12 N–H and O–H groups in total. The molecule has 1 amide bonds. The van der Waals surface area contributed by atoms with Crippen LogP contribution in [0.4, 0.5) is 11.4 Å². The molecule has 0 bridgehead atoms. The molecule has 34 nitrogen and oxygen atoms in total. The lowest BCUT2D eigenvalue weighted by Crippen LogP contribution is -2.73. The number of phenolic OH excluding ortho intramolecular Hbond substituents is 2. The number of methoxy groups -OCH3 is 1. The number of nitrogens with one attached hydrogen (secondary N) is 3. The number of phenols is 2. The van der Waals surface area contributed by atoms with E-state index in [2.05, 4.69) is 103 Å². The Morgan fingerprint density at radius 3 is 1.86 bits per heavy atom. The summed E-state index contributed by atoms with van der Waals surface area (Å²) in [6.45, 7) is 11.4. The number of nitrogens with two attached hydrogens (primary N) is 1. The molecule has 41 heteroatoms. The molecule has 0 unspecified atom stereocenters. The van der Waals surface area contributed by atoms with Gasteiger partial charge in [-0.1, -0.05) is 69.9 Å². The number of quaternary nitrogens is 1. The minimum Gasteiger partial charge on any atom is -0.512 e. The fourth-order valence-corrected chi connectivity index (χ4v) is 13.3. The number of amides is 1. The van der Waals surface area contributed by atoms with Crippen molar-refractivity contribution in [1.29, 1.82) is 0 Å². The smallest absolute Gasteiger partial charge is 0.323 e. The van der Waals surface area contributed by atoms with Gasteiger partial charge in [0.25, 0.3) is 11.6 Å². The van der Waals surface area contributed by atoms with Gasteiger partial charge in [0.1, 0.15) is 56.5 Å². The third-order valence-electron chi connectivity index (χ3n) is 13.9. The van der Waals surface area contributed by atoms with Crippen molar-refractivity contribution in [2.45, 2.75) is 76.0 Å². The number of rotatable bonds is 26. The first-order valence-electron chi connectivity index (χ1n) is 31.6. The van der Waals surface area contributed by atoms with Crippen molar-refractivity contribution in [3.8, 4) is 51.4 Å². The highest BCUT2D eigenvalue weighted by molar-refractivity contribution is 9.10. The van der Waals surface area contributed by atoms with Crippen LogP contribution in [-0.4, -0.2) is 187 Å². The number of non-ortho nitro benzene ring substituents is 1. The minimum absolute atomic E-state index is 0. The third kappa shape index (κ3) is 26.9. The summed E-state index contributed by atoms with van der Waals surface area (Å²) in [4.78, 5) is 90.4. The summed E-state index contributed by atoms with van der Waals surface area (Å²) in [5, 5.41) is 101. The molecule has 7 heterocycles. The van der Waals surface area contributed by atoms with Crippen molar-refractivity contribution < 1.29 is 75.0 Å². The number of hydrogen-bond donors (Lipinski definition) is 9. The first-order chi connectivity index (χ1) is 51.7. The number of hydrogen-bond acceptors (Lipinski definition) is 32. The second-order valence-corrected chi connectivity index (χ2v) is 29.2. The zero-order valence-electron chi connectivity index (χ0n) is 58.6. The number of fused-ring (bicyclic) bond motifs is 1. The first kappa shape index (κ1) is 85.5. The summed E-state index contributed by atoms with van der Waals surface area (Å²) in [7, 11) is 1.65. The lowest BCUT2D eigenvalue weighted by molar-refractivity contribution is -0.825. The fourth-order valence-electron chi connectivity index (χ4n) is 9.03. The number of aliphatic carboxylic acids is 1. The van der Waals surface area contributed by atoms with E-state index < -0.39 is 17.4 Å². The van der Waals surface area contributed by atoms with Crippen molar-refractivity contribution in [3.63, 3.8) is 0 Å². The second-order valence-electron chi connectivity index (χ2n) is 22.8. The number of aryl methyl sites for hydroxylation is 1. The van der Waals surface area contributed by atoms with Gasteiger partial charge in [-0.25, -0.2) is 15.2 Å². The molecule has 109 heavy (non-hydrogen) atoms. The largest absolute Gasteiger partial charge is 0.512 e. The SMILES string of the molecule is C=C(O)CSC1=NN=C(c2cc([NH2+]O)cc(C(=O)NCc3cccnc3)c2)C1.CC(=O)CSC1=NN=C(c2ccc3nsnc3c2)C1.CC(=O)CSc1n[nH]c(-c2ccc(O)c(O)c2)n1.CC(=O)CSc1nnc(-c2cc(Br)cc([N+](=O)[O-])c2)n1CC(=O)O.COc1ccc(-c2nc(SCC(C)=O)n[nH]2)cc1C.O. The lowest BCUT2D eigenvalue weighted by Gasteiger charge is -2.08. The number of aromatic amines is 2. The number of carbonyl (C=O) groups excluding carboxylic acids is 5. The first-order valence-corrected chi connectivity index (χ1v) is 38.1. The predicted molar refractivity (Wildman–Crippen MR) is 421 cm³/mol. The number of carbonyl (C=O) groups is 6. The molecule has 10 aromatic rings. The number of aromatic nitrogens is 12. The number of benzene rings is 5. The maximum absolute atomic E-state index is 12.6. The van der Waals surface area contributed by atoms with Crippen LogP contribution in [-0.2, 0) is 37.1 Å². The van der Waals surface area contributed by atoms with Gasteiger partial charge >= 0.3 is 5.97 Å². The van der Waals surface area contributed by atoms with Gasteiger partial charge in [0.05, 0.1) is 69.7 Å². The van der Waals surface area contributed by atoms with E-state index in [4.69, 9.17) is 9.84 Å². The number of ether oxygens (including phenoxy) is 1. The molecule has 0 fully saturated rings. The molecule has 5 aromatic heterocycles. The Balaban J connectivity index is 0.000000191. The van der Waals surface area contributed by atoms with Gasteiger partial charge in [-0.05, 0) is 112 Å². The number of aliphatic hydroxyl groups excluding tert-OH is 1. The summed E-state index contributed by atoms with van der Waals surface area (Å²) in [6, 6.07) is 29.0. The Labute approximate surface area is 654 Å². The number of aliphatic hydroxyl groups is 1. The Kier molecular flexibility index (Phi) is 33.0. The Morgan fingerprint density at radius 2 is 1.28 bits per heavy atom. The van der Waals surface area contributed by atoms with Crippen LogP contribution in [0, 0.1) is 17.0 Å². The molecule has 0 spiro atoms. The van der Waals surface area contributed by atoms with Crippen LogP contribution in [0.1, 0.15) is 73.1 Å². The number of halogens is 1. The van der Waals surface area contributed by atoms with E-state index in [9.17, 15) is 59.4 Å². The average Bonchev–Trinajstić information content (AvgIpc) is 1.76. The number of nitro benzene ring substituents is 1. The zero-order chi connectivity index (χ0) is 78.0. The molecule has 5 aromatic carbocycles. The van der Waals surface area contributed by atoms with Crippen molar-refractivity contribution >= 4 is 165 Å². The van der Waals surface area contributed by atoms with Gasteiger partial charge in [0.15, 0.2) is 39.8 Å². The topological polar surface area (TPSA) is 518 Å². The van der Waals surface area contributed by atoms with Crippen LogP contribution in [0.3, 0.4) is 0 Å². The molecule has 0 atom stereocenters. The molecule has 0 saturated carbocycles. The molecule has 2 aliphatic rings. The standard InChI is InChI=1S/C19H19N5O3S.C13H11BrN4O5S.C13H15N3O2S.C12H10N4OS2.C11H11N3O3S.H2O/c1-12(25)11-28-18-8-17(22-23-18)14-5-15(7-16(6-14)24-27)19(26)21-10-13-3-2-4-20-9-13;1-7(19)6-24-13-16-15-12(17(13)5-11(20)21)8-2-9(14)4-10(3-8)18(22)23;1-8-6-10(4-5-11(8)18-3)12-14-13(16-15-12)19-7-9(2)17;1-7(17)6-18-12-5-10(13-14-12)8-2-3-9-11(4-8)16-19-15-9;1-6(15)5-18-11-12-10(13-14-11)7-2-3-8(16)9(17)4-7;/h2-7,9,24-25,27H,1,8,10-11H2,(H,21,26);2-4H,5-6H2,1H3,(H,20,21);4-6H,7H2,1-3H3,(H,14,15,16);2-4H,5-6H2,1H3;2-4,16-17H,5H2,1H3,(H,12,13,14);1H2/p+1. The van der Waals surface area contributed by atoms with E-state index in [0.29, 0.717) is 102 Å². The number of H-pyrrole nitrogens is 2. The maximum Gasteiger partial charge on any atom is 0.323 e. The Hall–Kier alpha value is -10.8. The summed E-state index contributed by atoms with van der Waals surface area (Å²) >= 11 is 10.8. The van der Waals surface area contributed by atoms with Crippen molar-refractivity contribution in [2.24, 2.45) is 20.4 Å². The second kappa shape index (κ2) is 42.1. The Morgan fingerprint density at radius 1 is 0.688 bits per heavy atom. The molecule has 0 aliphatic carbocycles. The van der Waals surface area contributed by atoms with Crippen molar-refractivity contribution in [3.05, 3.63) is 170 Å². The number of carboxylic acids is 1. The third-order valence-corrected chi connectivity index (χ3v) is 20.2. The van der Waals surface area contributed by atoms with E-state index in [1.54, 1.807) is 69.7 Å². The number of Topliss-reactive ketones (excluding diaryl/α,β-unsaturated/α-hetero) is 4. The summed E-state index contributed by atoms with van der Waals surface area (Å²) in [6.07, 6.45) is 4.53. The van der Waals surface area contributed by atoms with Gasteiger partial charge in [0.2, 0.25) is 10.3 Å². The summed E-state index contributed by atoms with van der Waals surface area (Å²) < 4.78 is 15.4. The highest BCUT2D eigenvalue weighted by Gasteiger charge is 2.23. The minimum atomic E-state index is -1.12. The number of nitrogens with zero attached hydrogens (tertiary/aromatic N) is 15. The highest BCUT2D eigenvalue weighted by atomic mass is 79.9. The maximum atomic E-state index is 12.6. The number of carboxylic acid groups (broad SMARTS) is 1. The average molecular weight is 1660 g/mol. The molecule has 12 rings (SSSR count). The van der Waals surface area contributed by atoms with E-state index in [1.165, 1.54) is 101 Å². The van der Waals surface area contributed by atoms with Gasteiger partial charge in [-0.3, -0.25) is 58.6 Å². The van der Waals surface area contributed by atoms with Crippen molar-refractivity contribution in [2.75, 3.05) is 35.9 Å². The summed E-state index contributed by atoms with van der Waals surface area (Å²) in [5.74, 6) is 2.31. The number of ketones is 4. The molecular weight excluding hydrogens is 1600 g/mol. The molecule has 568 valence electrons. The van der Waals surface area contributed by atoms with E-state index >= 15 is 0 Å². The number of aromatic hydroxyl groups is 2. The number of pyridine rings is 1. The van der Waals surface area contributed by atoms with Crippen LogP contribution < -0.4 is 15.5 Å². The monoisotopic (exact) mass is 1660 g/mol. The van der Waals surface area contributed by atoms with Crippen LogP contribution in [0.15, 0.2) is 168 Å². The quantitative estimate of drug-likeness (QED) is 0.00607. The van der Waals surface area contributed by atoms with Crippen LogP contribution in [0.5, 0.6) is 17.2 Å². The van der Waals surface area contributed by atoms with Crippen LogP contribution >= 0.6 is 86.5 Å². The molecule has 2 aliphatic heterocycles. The molecular formula is C68H69BrN19O15S6+. The fraction of sp³-hybridized carbons (Fsp3) is 0.221. The number of thioether (sulfide) groups is 5. The summed E-state index contributed by atoms with van der Waals surface area (Å²) in [5.41, 5.74) is 10.6. The van der Waals surface area contributed by atoms with Gasteiger partial charge < -0.3 is 36.0 Å². The van der Waals surface area contributed by atoms with E-state index in [0.717, 1.165) is 72.1 Å². The Bertz CT molecular complexity index is 5090. The van der Waals surface area contributed by atoms with Crippen LogP contribution in [0.25, 0.3) is 45.2 Å². The lowest BCUT2D eigenvalue weighted by atomic mass is 10.0. The van der Waals surface area contributed by atoms with Crippen LogP contribution in [0.2, 0.25) is 0 Å². The van der Waals surface area contributed by atoms with Crippen molar-refractivity contribution in [1.82, 2.24) is 64.2 Å². The predicted octanol–water partition coefficient (Wildman–Crippen LogP) is 10.0. The van der Waals surface area contributed by atoms with E-state index in [-0.39, 0.29) is 74.2 Å². The van der Waals surface area contributed by atoms with E-state index in [1.807, 2.05) is 49.4 Å². The highest BCUT2D eigenvalue weighted by Crippen LogP contribution is 2.33. The molecule has 0 radical (unpaired) electrons. The van der Waals surface area contributed by atoms with Gasteiger partial charge in [-0.2, -0.15) is 24.4 Å². The zero-order valence-corrected chi connectivity index (χ0v) is 65.0. The van der Waals surface area contributed by atoms with Gasteiger partial charge in [0, 0.05) is 93.9 Å². The van der Waals surface area contributed by atoms with Gasteiger partial charge in [-0.15, -0.1) is 54.1 Å². The number of nitro groups is 1.